The van der Waals surface area contributed by atoms with Crippen LogP contribution in [0.4, 0.5) is 5.69 Å². The van der Waals surface area contributed by atoms with Crippen LogP contribution in [0, 0.1) is 5.41 Å². The van der Waals surface area contributed by atoms with Gasteiger partial charge in [0.2, 0.25) is 0 Å². The van der Waals surface area contributed by atoms with Crippen LogP contribution in [-0.2, 0) is 0 Å². The molecule has 4 heteroatoms. The Hall–Kier alpha value is -1.71. The molecule has 0 aromatic heterocycles. The number of ether oxygens (including phenoxy) is 1. The van der Waals surface area contributed by atoms with E-state index in [1.807, 2.05) is 0 Å². The van der Waals surface area contributed by atoms with E-state index in [4.69, 9.17) is 10.5 Å². The molecule has 110 valence electrons. The maximum atomic E-state index is 12.3. The summed E-state index contributed by atoms with van der Waals surface area (Å²) in [6, 6.07) is 5.38. The number of nitrogens with one attached hydrogen (secondary N) is 1. The van der Waals surface area contributed by atoms with Gasteiger partial charge in [0.25, 0.3) is 5.91 Å². The van der Waals surface area contributed by atoms with Crippen molar-refractivity contribution in [2.45, 2.75) is 45.6 Å². The van der Waals surface area contributed by atoms with E-state index in [0.29, 0.717) is 22.4 Å². The first-order valence-corrected chi connectivity index (χ1v) is 7.16. The van der Waals surface area contributed by atoms with Crippen LogP contribution in [0.2, 0.25) is 0 Å². The summed E-state index contributed by atoms with van der Waals surface area (Å²) < 4.78 is 5.23. The van der Waals surface area contributed by atoms with Gasteiger partial charge in [0.1, 0.15) is 5.75 Å². The fourth-order valence-electron chi connectivity index (χ4n) is 2.70. The molecule has 0 atom stereocenters. The first kappa shape index (κ1) is 14.7. The third-order valence-corrected chi connectivity index (χ3v) is 4.14. The number of nitrogens with two attached hydrogens (primary N) is 1. The van der Waals surface area contributed by atoms with E-state index in [1.54, 1.807) is 25.3 Å². The predicted octanol–water partition coefficient (Wildman–Crippen LogP) is 2.98. The molecule has 0 saturated heterocycles. The van der Waals surface area contributed by atoms with Crippen molar-refractivity contribution in [1.29, 1.82) is 0 Å². The summed E-state index contributed by atoms with van der Waals surface area (Å²) in [5.41, 5.74) is 7.25. The fraction of sp³-hybridized carbons (Fsp3) is 0.562. The molecule has 0 spiro atoms. The number of amides is 1. The van der Waals surface area contributed by atoms with Crippen LogP contribution in [0.5, 0.6) is 5.75 Å². The van der Waals surface area contributed by atoms with Crippen molar-refractivity contribution < 1.29 is 9.53 Å². The van der Waals surface area contributed by atoms with E-state index < -0.39 is 0 Å². The molecule has 1 aromatic carbocycles. The second-order valence-corrected chi connectivity index (χ2v) is 6.37. The Kier molecular flexibility index (Phi) is 4.21. The lowest BCUT2D eigenvalue weighted by molar-refractivity contribution is 0.0906. The summed E-state index contributed by atoms with van der Waals surface area (Å²) in [5.74, 6) is 0.449. The third kappa shape index (κ3) is 3.44. The minimum absolute atomic E-state index is 0.0773. The predicted molar refractivity (Wildman–Crippen MR) is 80.9 cm³/mol. The van der Waals surface area contributed by atoms with Gasteiger partial charge in [-0.25, -0.2) is 0 Å². The van der Waals surface area contributed by atoms with Gasteiger partial charge < -0.3 is 15.8 Å². The number of methoxy groups -OCH3 is 1. The van der Waals surface area contributed by atoms with Gasteiger partial charge in [0.05, 0.1) is 12.7 Å². The molecule has 1 aromatic rings. The molecule has 1 amide bonds. The van der Waals surface area contributed by atoms with Crippen molar-refractivity contribution in [3.05, 3.63) is 23.8 Å². The molecule has 0 aliphatic heterocycles. The second kappa shape index (κ2) is 5.73. The van der Waals surface area contributed by atoms with Crippen molar-refractivity contribution in [2.24, 2.45) is 5.41 Å². The average molecular weight is 276 g/mol. The molecule has 3 N–H and O–H groups in total. The molecule has 1 fully saturated rings. The van der Waals surface area contributed by atoms with E-state index >= 15 is 0 Å². The standard InChI is InChI=1S/C16H24N2O2/c1-16(2)8-6-12(7-9-16)18-15(19)13-5-4-11(17)10-14(13)20-3/h4-5,10,12H,6-9,17H2,1-3H3,(H,18,19). The van der Waals surface area contributed by atoms with E-state index in [0.717, 1.165) is 25.7 Å². The zero-order valence-corrected chi connectivity index (χ0v) is 12.5. The zero-order chi connectivity index (χ0) is 14.8. The summed E-state index contributed by atoms with van der Waals surface area (Å²) in [6.45, 7) is 4.57. The molecular formula is C16H24N2O2. The van der Waals surface area contributed by atoms with Crippen molar-refractivity contribution in [1.82, 2.24) is 5.32 Å². The Labute approximate surface area is 120 Å². The van der Waals surface area contributed by atoms with Gasteiger partial charge in [-0.3, -0.25) is 4.79 Å². The Balaban J connectivity index is 2.02. The first-order valence-electron chi connectivity index (χ1n) is 7.16. The number of carbonyl (C=O) groups excluding carboxylic acids is 1. The molecule has 4 nitrogen and oxygen atoms in total. The summed E-state index contributed by atoms with van der Waals surface area (Å²) >= 11 is 0. The highest BCUT2D eigenvalue weighted by molar-refractivity contribution is 5.97. The fourth-order valence-corrected chi connectivity index (χ4v) is 2.70. The van der Waals surface area contributed by atoms with Crippen LogP contribution in [0.25, 0.3) is 0 Å². The van der Waals surface area contributed by atoms with Crippen LogP contribution >= 0.6 is 0 Å². The molecule has 0 unspecified atom stereocenters. The normalized spacial score (nSPS) is 18.6. The molecule has 1 aliphatic carbocycles. The van der Waals surface area contributed by atoms with Gasteiger partial charge in [-0.1, -0.05) is 13.8 Å². The lowest BCUT2D eigenvalue weighted by Crippen LogP contribution is -2.39. The summed E-state index contributed by atoms with van der Waals surface area (Å²) in [6.07, 6.45) is 4.37. The van der Waals surface area contributed by atoms with E-state index in [1.165, 1.54) is 0 Å². The summed E-state index contributed by atoms with van der Waals surface area (Å²) in [7, 11) is 1.55. The van der Waals surface area contributed by atoms with E-state index in [9.17, 15) is 4.79 Å². The topological polar surface area (TPSA) is 64.3 Å². The first-order chi connectivity index (χ1) is 9.41. The number of hydrogen-bond donors (Lipinski definition) is 2. The minimum atomic E-state index is -0.0773. The van der Waals surface area contributed by atoms with Crippen LogP contribution in [0.15, 0.2) is 18.2 Å². The number of benzene rings is 1. The number of anilines is 1. The largest absolute Gasteiger partial charge is 0.496 e. The molecule has 0 radical (unpaired) electrons. The summed E-state index contributed by atoms with van der Waals surface area (Å²) in [4.78, 5) is 12.3. The van der Waals surface area contributed by atoms with Crippen molar-refractivity contribution in [2.75, 3.05) is 12.8 Å². The highest BCUT2D eigenvalue weighted by Crippen LogP contribution is 2.35. The second-order valence-electron chi connectivity index (χ2n) is 6.37. The van der Waals surface area contributed by atoms with Gasteiger partial charge in [-0.15, -0.1) is 0 Å². The Morgan fingerprint density at radius 3 is 2.60 bits per heavy atom. The molecular weight excluding hydrogens is 252 g/mol. The maximum Gasteiger partial charge on any atom is 0.255 e. The Bertz CT molecular complexity index is 487. The van der Waals surface area contributed by atoms with Crippen molar-refractivity contribution in [3.63, 3.8) is 0 Å². The quantitative estimate of drug-likeness (QED) is 0.834. The molecule has 0 heterocycles. The van der Waals surface area contributed by atoms with E-state index in [2.05, 4.69) is 19.2 Å². The van der Waals surface area contributed by atoms with Gasteiger partial charge in [-0.2, -0.15) is 0 Å². The molecule has 1 saturated carbocycles. The Morgan fingerprint density at radius 2 is 2.00 bits per heavy atom. The zero-order valence-electron chi connectivity index (χ0n) is 12.5. The highest BCUT2D eigenvalue weighted by atomic mass is 16.5. The monoisotopic (exact) mass is 276 g/mol. The minimum Gasteiger partial charge on any atom is -0.496 e. The van der Waals surface area contributed by atoms with Crippen LogP contribution < -0.4 is 15.8 Å². The SMILES string of the molecule is COc1cc(N)ccc1C(=O)NC1CCC(C)(C)CC1. The van der Waals surface area contributed by atoms with Gasteiger partial charge in [0, 0.05) is 17.8 Å². The molecule has 20 heavy (non-hydrogen) atoms. The van der Waals surface area contributed by atoms with Crippen LogP contribution in [0.3, 0.4) is 0 Å². The van der Waals surface area contributed by atoms with Gasteiger partial charge >= 0.3 is 0 Å². The van der Waals surface area contributed by atoms with Crippen LogP contribution in [0.1, 0.15) is 49.9 Å². The average Bonchev–Trinajstić information content (AvgIpc) is 2.40. The van der Waals surface area contributed by atoms with Crippen LogP contribution in [-0.4, -0.2) is 19.1 Å². The highest BCUT2D eigenvalue weighted by Gasteiger charge is 2.28. The van der Waals surface area contributed by atoms with Crippen molar-refractivity contribution >= 4 is 11.6 Å². The number of nitrogen functional groups attached to an aromatic ring is 1. The number of hydrogen-bond acceptors (Lipinski definition) is 3. The number of carbonyl (C=O) groups is 1. The van der Waals surface area contributed by atoms with E-state index in [-0.39, 0.29) is 11.9 Å². The maximum absolute atomic E-state index is 12.3. The molecule has 0 bridgehead atoms. The lowest BCUT2D eigenvalue weighted by Gasteiger charge is -2.34. The van der Waals surface area contributed by atoms with Gasteiger partial charge in [-0.05, 0) is 43.2 Å². The Morgan fingerprint density at radius 1 is 1.35 bits per heavy atom. The third-order valence-electron chi connectivity index (χ3n) is 4.14. The number of rotatable bonds is 3. The molecule has 1 aliphatic rings. The smallest absolute Gasteiger partial charge is 0.255 e. The van der Waals surface area contributed by atoms with Crippen molar-refractivity contribution in [3.8, 4) is 5.75 Å². The summed E-state index contributed by atoms with van der Waals surface area (Å²) in [5, 5.41) is 3.11. The molecule has 2 rings (SSSR count). The van der Waals surface area contributed by atoms with Gasteiger partial charge in [0.15, 0.2) is 0 Å². The lowest BCUT2D eigenvalue weighted by atomic mass is 9.75.